The Hall–Kier alpha value is -3.57. The van der Waals surface area contributed by atoms with Gasteiger partial charge in [0.05, 0.1) is 9.79 Å². The van der Waals surface area contributed by atoms with E-state index in [2.05, 4.69) is 13.2 Å². The van der Waals surface area contributed by atoms with Crippen LogP contribution in [0.15, 0.2) is 132 Å². The second-order valence-electron chi connectivity index (χ2n) is 9.77. The van der Waals surface area contributed by atoms with Crippen molar-refractivity contribution in [1.29, 1.82) is 0 Å². The van der Waals surface area contributed by atoms with E-state index in [0.717, 1.165) is 32.3 Å². The van der Waals surface area contributed by atoms with Gasteiger partial charge in [0.15, 0.2) is 0 Å². The molecule has 6 rings (SSSR count). The topological polar surface area (TPSA) is 114 Å². The van der Waals surface area contributed by atoms with E-state index in [0.29, 0.717) is 34.7 Å². The Bertz CT molecular complexity index is 2080. The molecule has 0 radical (unpaired) electrons. The summed E-state index contributed by atoms with van der Waals surface area (Å²) in [5.41, 5.74) is 0.977. The van der Waals surface area contributed by atoms with Crippen LogP contribution in [-0.2, 0) is 33.1 Å². The molecule has 0 spiro atoms. The Kier molecular flexibility index (Phi) is 9.75. The molecule has 0 fully saturated rings. The molecule has 6 aromatic rings. The molecular weight excluding hydrogens is 593 g/mol. The summed E-state index contributed by atoms with van der Waals surface area (Å²) in [6.07, 6.45) is 3.88. The molecule has 0 aliphatic heterocycles. The van der Waals surface area contributed by atoms with Gasteiger partial charge in [0.1, 0.15) is 20.2 Å². The molecule has 0 saturated carbocycles. The number of fused-ring (bicyclic) bond motifs is 6. The standard InChI is InChI=1S/2C17H14O3S.Mg/c2*1-2-5-13-9-10-15-14-7-4-3-6-12(14)8-11-16(15)17(13)21(18,19)20;/h2*2-4,6-11H,1,5H2,(H,18,19,20);/q;;+2/p-2. The van der Waals surface area contributed by atoms with E-state index in [1.807, 2.05) is 72.8 Å². The summed E-state index contributed by atoms with van der Waals surface area (Å²) in [7, 11) is -9.10. The maximum absolute atomic E-state index is 11.7. The number of rotatable bonds is 6. The molecule has 0 saturated heterocycles. The molecule has 212 valence electrons. The fourth-order valence-electron chi connectivity index (χ4n) is 5.43. The third-order valence-electron chi connectivity index (χ3n) is 7.14. The second kappa shape index (κ2) is 13.0. The van der Waals surface area contributed by atoms with Crippen LogP contribution in [0.1, 0.15) is 11.1 Å². The molecule has 0 aromatic heterocycles. The Balaban J connectivity index is 0.000000192. The monoisotopic (exact) mass is 618 g/mol. The smallest absolute Gasteiger partial charge is 0.744 e. The summed E-state index contributed by atoms with van der Waals surface area (Å²) in [5, 5.41) is 6.39. The van der Waals surface area contributed by atoms with Gasteiger partial charge in [-0.1, -0.05) is 109 Å². The molecule has 43 heavy (non-hydrogen) atoms. The van der Waals surface area contributed by atoms with Crippen molar-refractivity contribution in [2.45, 2.75) is 22.6 Å². The number of hydrogen-bond acceptors (Lipinski definition) is 6. The molecule has 0 heterocycles. The molecule has 6 nitrogen and oxygen atoms in total. The summed E-state index contributed by atoms with van der Waals surface area (Å²) in [4.78, 5) is -0.267. The first-order chi connectivity index (χ1) is 20.0. The van der Waals surface area contributed by atoms with Crippen LogP contribution in [0.2, 0.25) is 0 Å². The van der Waals surface area contributed by atoms with Crippen molar-refractivity contribution in [3.05, 3.63) is 133 Å². The second-order valence-corrected chi connectivity index (χ2v) is 12.4. The largest absolute Gasteiger partial charge is 2.00 e. The van der Waals surface area contributed by atoms with Gasteiger partial charge in [-0.05, 0) is 56.3 Å². The first-order valence-electron chi connectivity index (χ1n) is 13.0. The van der Waals surface area contributed by atoms with Crippen LogP contribution in [0.3, 0.4) is 0 Å². The molecule has 0 bridgehead atoms. The predicted molar refractivity (Wildman–Crippen MR) is 172 cm³/mol. The van der Waals surface area contributed by atoms with Gasteiger partial charge in [0.25, 0.3) is 0 Å². The van der Waals surface area contributed by atoms with Gasteiger partial charge in [-0.25, -0.2) is 16.8 Å². The summed E-state index contributed by atoms with van der Waals surface area (Å²) in [6.45, 7) is 7.22. The maximum atomic E-state index is 11.7. The third kappa shape index (κ3) is 6.52. The first-order valence-corrected chi connectivity index (χ1v) is 15.9. The van der Waals surface area contributed by atoms with Gasteiger partial charge in [0.2, 0.25) is 0 Å². The van der Waals surface area contributed by atoms with Gasteiger partial charge in [-0.2, -0.15) is 0 Å². The van der Waals surface area contributed by atoms with Gasteiger partial charge in [0, 0.05) is 10.8 Å². The van der Waals surface area contributed by atoms with E-state index in [1.165, 1.54) is 0 Å². The zero-order valence-electron chi connectivity index (χ0n) is 23.2. The zero-order chi connectivity index (χ0) is 30.1. The van der Waals surface area contributed by atoms with E-state index in [9.17, 15) is 25.9 Å². The van der Waals surface area contributed by atoms with Crippen molar-refractivity contribution in [3.63, 3.8) is 0 Å². The summed E-state index contributed by atoms with van der Waals surface area (Å²) < 4.78 is 70.1. The van der Waals surface area contributed by atoms with Gasteiger partial charge < -0.3 is 9.11 Å². The third-order valence-corrected chi connectivity index (χ3v) is 9.11. The average molecular weight is 619 g/mol. The Labute approximate surface area is 267 Å². The normalized spacial score (nSPS) is 11.6. The minimum Gasteiger partial charge on any atom is -0.744 e. The van der Waals surface area contributed by atoms with Crippen molar-refractivity contribution in [3.8, 4) is 0 Å². The van der Waals surface area contributed by atoms with Crippen LogP contribution < -0.4 is 0 Å². The van der Waals surface area contributed by atoms with Crippen molar-refractivity contribution in [2.24, 2.45) is 0 Å². The zero-order valence-corrected chi connectivity index (χ0v) is 26.2. The average Bonchev–Trinajstić information content (AvgIpc) is 2.96. The number of hydrogen-bond donors (Lipinski definition) is 0. The van der Waals surface area contributed by atoms with E-state index in [-0.39, 0.29) is 32.8 Å². The van der Waals surface area contributed by atoms with E-state index in [1.54, 1.807) is 36.4 Å². The van der Waals surface area contributed by atoms with Crippen LogP contribution in [0, 0.1) is 0 Å². The van der Waals surface area contributed by atoms with E-state index >= 15 is 0 Å². The Morgan fingerprint density at radius 2 is 0.837 bits per heavy atom. The Morgan fingerprint density at radius 1 is 0.488 bits per heavy atom. The number of allylic oxidation sites excluding steroid dienone is 2. The Morgan fingerprint density at radius 3 is 1.19 bits per heavy atom. The molecule has 0 aliphatic carbocycles. The number of benzene rings is 6. The van der Waals surface area contributed by atoms with Crippen molar-refractivity contribution >= 4 is 86.4 Å². The molecule has 0 atom stereocenters. The minimum absolute atomic E-state index is 0. The van der Waals surface area contributed by atoms with Gasteiger partial charge in [-0.15, -0.1) is 13.2 Å². The summed E-state index contributed by atoms with van der Waals surface area (Å²) >= 11 is 0. The van der Waals surface area contributed by atoms with Crippen LogP contribution in [0.5, 0.6) is 0 Å². The first kappa shape index (κ1) is 32.3. The van der Waals surface area contributed by atoms with Crippen LogP contribution in [0.4, 0.5) is 0 Å². The maximum Gasteiger partial charge on any atom is 2.00 e. The molecule has 6 aromatic carbocycles. The van der Waals surface area contributed by atoms with Crippen LogP contribution in [-0.4, -0.2) is 49.0 Å². The quantitative estimate of drug-likeness (QED) is 0.0871. The molecule has 0 amide bonds. The van der Waals surface area contributed by atoms with Crippen molar-refractivity contribution < 1.29 is 25.9 Å². The summed E-state index contributed by atoms with van der Waals surface area (Å²) in [5.74, 6) is 0. The molecule has 9 heteroatoms. The van der Waals surface area contributed by atoms with Crippen molar-refractivity contribution in [2.75, 3.05) is 0 Å². The fourth-order valence-corrected chi connectivity index (χ4v) is 7.27. The van der Waals surface area contributed by atoms with Crippen LogP contribution >= 0.6 is 0 Å². The minimum atomic E-state index is -4.55. The van der Waals surface area contributed by atoms with Gasteiger partial charge in [-0.3, -0.25) is 0 Å². The van der Waals surface area contributed by atoms with Crippen LogP contribution in [0.25, 0.3) is 43.1 Å². The summed E-state index contributed by atoms with van der Waals surface area (Å²) in [6, 6.07) is 29.6. The van der Waals surface area contributed by atoms with Gasteiger partial charge >= 0.3 is 23.1 Å². The van der Waals surface area contributed by atoms with E-state index < -0.39 is 20.2 Å². The molecule has 0 N–H and O–H groups in total. The predicted octanol–water partition coefficient (Wildman–Crippen LogP) is 6.87. The van der Waals surface area contributed by atoms with Crippen molar-refractivity contribution in [1.82, 2.24) is 0 Å². The molecular formula is C34H26MgO6S2. The molecule has 0 unspecified atom stereocenters. The fraction of sp³-hybridized carbons (Fsp3) is 0.0588. The SMILES string of the molecule is C=CCc1ccc2c(ccc3ccccc32)c1S(=O)(=O)[O-].C=CCc1ccc2c(ccc3ccccc32)c1S(=O)(=O)[O-].[Mg+2]. The molecule has 0 aliphatic rings. The van der Waals surface area contributed by atoms with E-state index in [4.69, 9.17) is 0 Å².